The molecule has 1 saturated carbocycles. The minimum absolute atomic E-state index is 0.0572. The predicted molar refractivity (Wildman–Crippen MR) is 110 cm³/mol. The number of hydrogen-bond donors (Lipinski definition) is 0. The van der Waals surface area contributed by atoms with Crippen LogP contribution in [0.15, 0.2) is 71.6 Å². The van der Waals surface area contributed by atoms with Gasteiger partial charge in [0.15, 0.2) is 20.4 Å². The van der Waals surface area contributed by atoms with E-state index in [1.807, 2.05) is 24.3 Å². The average molecular weight is 406 g/mol. The van der Waals surface area contributed by atoms with Crippen molar-refractivity contribution in [1.82, 2.24) is 4.90 Å². The summed E-state index contributed by atoms with van der Waals surface area (Å²) in [5, 5.41) is 0. The van der Waals surface area contributed by atoms with Crippen molar-refractivity contribution in [2.75, 3.05) is 0 Å². The molecule has 5 heteroatoms. The molecule has 2 aromatic carbocycles. The maximum atomic E-state index is 14.1. The maximum Gasteiger partial charge on any atom is 0.193 e. The third kappa shape index (κ3) is 1.93. The van der Waals surface area contributed by atoms with Gasteiger partial charge in [0.2, 0.25) is 0 Å². The topological polar surface area (TPSA) is 54.5 Å². The zero-order chi connectivity index (χ0) is 20.0. The third-order valence-corrected chi connectivity index (χ3v) is 10.2. The van der Waals surface area contributed by atoms with Gasteiger partial charge >= 0.3 is 0 Å². The molecule has 0 spiro atoms. The van der Waals surface area contributed by atoms with Crippen molar-refractivity contribution in [2.45, 2.75) is 53.5 Å². The molecule has 4 aliphatic rings. The summed E-state index contributed by atoms with van der Waals surface area (Å²) in [6.45, 7) is 4.29. The molecule has 1 aliphatic carbocycles. The molecule has 3 fully saturated rings. The standard InChI is InChI=1S/C24H23NO3S/c1-15-8-7-13-20-19(15)14-24(29(27,28)16-9-3-2-4-10-16)22-18-12-6-5-11-17(18)21(23(24)26)25(20)22/h2-6,9-12,19-22H,1,7-8,13-14H2/t19-,20-,21?,22?,24?/m1/s1. The number of piperidine rings is 1. The Hall–Kier alpha value is -2.24. The molecule has 29 heavy (non-hydrogen) atoms. The van der Waals surface area contributed by atoms with Crippen molar-refractivity contribution >= 4 is 15.6 Å². The van der Waals surface area contributed by atoms with Gasteiger partial charge in [-0.1, -0.05) is 54.6 Å². The highest BCUT2D eigenvalue weighted by atomic mass is 32.2. The quantitative estimate of drug-likeness (QED) is 0.709. The van der Waals surface area contributed by atoms with Crippen LogP contribution in [0.5, 0.6) is 0 Å². The highest BCUT2D eigenvalue weighted by Gasteiger charge is 2.75. The Bertz CT molecular complexity index is 1160. The lowest BCUT2D eigenvalue weighted by molar-refractivity contribution is -0.121. The number of rotatable bonds is 2. The van der Waals surface area contributed by atoms with Crippen LogP contribution < -0.4 is 0 Å². The van der Waals surface area contributed by atoms with Gasteiger partial charge in [0, 0.05) is 6.04 Å². The van der Waals surface area contributed by atoms with Crippen molar-refractivity contribution in [3.63, 3.8) is 0 Å². The van der Waals surface area contributed by atoms with E-state index in [4.69, 9.17) is 0 Å². The number of hydrogen-bond acceptors (Lipinski definition) is 4. The van der Waals surface area contributed by atoms with E-state index in [-0.39, 0.29) is 22.6 Å². The lowest BCUT2D eigenvalue weighted by atomic mass is 9.69. The zero-order valence-electron chi connectivity index (χ0n) is 16.1. The van der Waals surface area contributed by atoms with Crippen molar-refractivity contribution in [2.24, 2.45) is 5.92 Å². The number of ketones is 1. The molecule has 0 aromatic heterocycles. The van der Waals surface area contributed by atoms with E-state index in [1.165, 1.54) is 0 Å². The summed E-state index contributed by atoms with van der Waals surface area (Å²) in [5.41, 5.74) is 3.13. The molecule has 4 nitrogen and oxygen atoms in total. The second-order valence-corrected chi connectivity index (χ2v) is 11.1. The number of sulfone groups is 1. The largest absolute Gasteiger partial charge is 0.296 e. The van der Waals surface area contributed by atoms with Crippen LogP contribution in [-0.4, -0.2) is 29.9 Å². The highest BCUT2D eigenvalue weighted by Crippen LogP contribution is 2.67. The summed E-state index contributed by atoms with van der Waals surface area (Å²) >= 11 is 0. The Morgan fingerprint density at radius 1 is 1.00 bits per heavy atom. The second kappa shape index (κ2) is 5.67. The fourth-order valence-corrected chi connectivity index (χ4v) is 8.82. The predicted octanol–water partition coefficient (Wildman–Crippen LogP) is 4.01. The zero-order valence-corrected chi connectivity index (χ0v) is 16.9. The first-order valence-electron chi connectivity index (χ1n) is 10.4. The van der Waals surface area contributed by atoms with Crippen LogP contribution in [0.25, 0.3) is 0 Å². The molecule has 2 saturated heterocycles. The summed E-state index contributed by atoms with van der Waals surface area (Å²) in [6.07, 6.45) is 3.34. The van der Waals surface area contributed by atoms with Crippen molar-refractivity contribution in [3.8, 4) is 0 Å². The number of carbonyl (C=O) groups is 1. The molecule has 148 valence electrons. The van der Waals surface area contributed by atoms with Crippen molar-refractivity contribution in [1.29, 1.82) is 0 Å². The van der Waals surface area contributed by atoms with Gasteiger partial charge in [-0.3, -0.25) is 9.69 Å². The molecule has 0 radical (unpaired) electrons. The number of benzene rings is 2. The van der Waals surface area contributed by atoms with Crippen LogP contribution in [0.2, 0.25) is 0 Å². The van der Waals surface area contributed by atoms with Crippen LogP contribution in [0.1, 0.15) is 48.9 Å². The van der Waals surface area contributed by atoms with E-state index < -0.39 is 26.7 Å². The number of carbonyl (C=O) groups excluding carboxylic acids is 1. The lowest BCUT2D eigenvalue weighted by Gasteiger charge is -2.50. The van der Waals surface area contributed by atoms with Gasteiger partial charge in [0.05, 0.1) is 17.0 Å². The van der Waals surface area contributed by atoms with Crippen molar-refractivity contribution in [3.05, 3.63) is 77.9 Å². The van der Waals surface area contributed by atoms with Crippen LogP contribution in [-0.2, 0) is 14.6 Å². The minimum Gasteiger partial charge on any atom is -0.296 e. The first kappa shape index (κ1) is 17.6. The molecule has 6 atom stereocenters. The van der Waals surface area contributed by atoms with Crippen LogP contribution in [0.3, 0.4) is 0 Å². The Balaban J connectivity index is 1.63. The molecule has 2 aromatic rings. The summed E-state index contributed by atoms with van der Waals surface area (Å²) in [6, 6.07) is 15.8. The Kier molecular flexibility index (Phi) is 3.44. The molecular formula is C24H23NO3S. The van der Waals surface area contributed by atoms with E-state index in [2.05, 4.69) is 11.5 Å². The normalized spacial score (nSPS) is 37.3. The van der Waals surface area contributed by atoms with Gasteiger partial charge in [0.25, 0.3) is 0 Å². The summed E-state index contributed by atoms with van der Waals surface area (Å²) in [5.74, 6) is -0.0750. The van der Waals surface area contributed by atoms with Crippen molar-refractivity contribution < 1.29 is 13.2 Å². The van der Waals surface area contributed by atoms with Gasteiger partial charge in [-0.25, -0.2) is 8.42 Å². The molecule has 0 N–H and O–H groups in total. The highest BCUT2D eigenvalue weighted by molar-refractivity contribution is 7.93. The number of nitrogens with zero attached hydrogens (tertiary/aromatic N) is 1. The van der Waals surface area contributed by atoms with E-state index in [0.717, 1.165) is 36.0 Å². The van der Waals surface area contributed by atoms with Crippen LogP contribution in [0.4, 0.5) is 0 Å². The maximum absolute atomic E-state index is 14.1. The lowest BCUT2D eigenvalue weighted by Crippen LogP contribution is -2.57. The Morgan fingerprint density at radius 2 is 1.69 bits per heavy atom. The molecule has 3 aliphatic heterocycles. The van der Waals surface area contributed by atoms with Gasteiger partial charge in [-0.15, -0.1) is 0 Å². The number of Topliss-reactive ketones (excluding diaryl/α,β-unsaturated/α-hetero) is 1. The molecular weight excluding hydrogens is 382 g/mol. The molecule has 4 bridgehead atoms. The Labute approximate surface area is 171 Å². The SMILES string of the molecule is C=C1CCC[C@@H]2[C@@H]1CC1(S(=O)(=O)c3ccccc3)C(=O)C3c4ccccc4C1N32. The smallest absolute Gasteiger partial charge is 0.193 e. The number of fused-ring (bicyclic) bond motifs is 3. The van der Waals surface area contributed by atoms with E-state index in [0.29, 0.717) is 6.42 Å². The van der Waals surface area contributed by atoms with Crippen LogP contribution >= 0.6 is 0 Å². The summed E-state index contributed by atoms with van der Waals surface area (Å²) in [7, 11) is -3.86. The summed E-state index contributed by atoms with van der Waals surface area (Å²) < 4.78 is 26.7. The van der Waals surface area contributed by atoms with Gasteiger partial charge in [-0.2, -0.15) is 0 Å². The fourth-order valence-electron chi connectivity index (χ4n) is 6.57. The first-order valence-corrected chi connectivity index (χ1v) is 11.8. The fraction of sp³-hybridized carbons (Fsp3) is 0.375. The van der Waals surface area contributed by atoms with Gasteiger partial charge in [0.1, 0.15) is 0 Å². The first-order chi connectivity index (χ1) is 14.0. The Morgan fingerprint density at radius 3 is 2.45 bits per heavy atom. The molecule has 0 amide bonds. The van der Waals surface area contributed by atoms with E-state index >= 15 is 0 Å². The monoisotopic (exact) mass is 405 g/mol. The molecule has 3 heterocycles. The van der Waals surface area contributed by atoms with E-state index in [1.54, 1.807) is 30.3 Å². The summed E-state index contributed by atoms with van der Waals surface area (Å²) in [4.78, 5) is 16.5. The van der Waals surface area contributed by atoms with Gasteiger partial charge < -0.3 is 0 Å². The molecule has 6 rings (SSSR count). The average Bonchev–Trinajstić information content (AvgIpc) is 3.18. The van der Waals surface area contributed by atoms with Gasteiger partial charge in [-0.05, 0) is 54.9 Å². The second-order valence-electron chi connectivity index (χ2n) is 8.88. The van der Waals surface area contributed by atoms with Crippen LogP contribution in [0, 0.1) is 5.92 Å². The van der Waals surface area contributed by atoms with E-state index in [9.17, 15) is 13.2 Å². The molecule has 4 unspecified atom stereocenters. The third-order valence-electron chi connectivity index (χ3n) is 7.71. The minimum atomic E-state index is -3.86.